The highest BCUT2D eigenvalue weighted by Crippen LogP contribution is 2.28. The van der Waals surface area contributed by atoms with Gasteiger partial charge in [-0.2, -0.15) is 8.75 Å². The fourth-order valence-corrected chi connectivity index (χ4v) is 3.75. The van der Waals surface area contributed by atoms with E-state index in [1.54, 1.807) is 18.0 Å². The minimum atomic E-state index is -0.0495. The molecule has 1 fully saturated rings. The summed E-state index contributed by atoms with van der Waals surface area (Å²) in [6.07, 6.45) is 5.56. The van der Waals surface area contributed by atoms with Gasteiger partial charge in [-0.3, -0.25) is 4.79 Å². The van der Waals surface area contributed by atoms with E-state index in [2.05, 4.69) is 32.8 Å². The summed E-state index contributed by atoms with van der Waals surface area (Å²) in [7, 11) is 2.13. The van der Waals surface area contributed by atoms with Gasteiger partial charge < -0.3 is 9.80 Å². The summed E-state index contributed by atoms with van der Waals surface area (Å²) in [5.41, 5.74) is 1.38. The highest BCUT2D eigenvalue weighted by Gasteiger charge is 2.30. The Morgan fingerprint density at radius 2 is 2.17 bits per heavy atom. The number of nitrogens with zero attached hydrogens (tertiary/aromatic N) is 4. The van der Waals surface area contributed by atoms with E-state index in [0.717, 1.165) is 48.2 Å². The van der Waals surface area contributed by atoms with Gasteiger partial charge in [-0.25, -0.2) is 0 Å². The molecule has 5 nitrogen and oxygen atoms in total. The third kappa shape index (κ3) is 3.73. The molecule has 23 heavy (non-hydrogen) atoms. The highest BCUT2D eigenvalue weighted by molar-refractivity contribution is 7.98. The molecule has 0 spiro atoms. The van der Waals surface area contributed by atoms with Gasteiger partial charge in [0.1, 0.15) is 0 Å². The van der Waals surface area contributed by atoms with Crippen LogP contribution in [0.1, 0.15) is 23.3 Å². The Morgan fingerprint density at radius 3 is 2.83 bits per heavy atom. The van der Waals surface area contributed by atoms with Crippen LogP contribution in [-0.4, -0.2) is 52.0 Å². The Kier molecular flexibility index (Phi) is 5.30. The van der Waals surface area contributed by atoms with Crippen LogP contribution in [-0.2, 0) is 0 Å². The van der Waals surface area contributed by atoms with Crippen molar-refractivity contribution < 1.29 is 4.79 Å². The van der Waals surface area contributed by atoms with Crippen LogP contribution in [0.5, 0.6) is 0 Å². The zero-order valence-corrected chi connectivity index (χ0v) is 14.9. The van der Waals surface area contributed by atoms with E-state index in [1.807, 2.05) is 23.3 Å². The topological polar surface area (TPSA) is 49.3 Å². The molecular weight excluding hydrogens is 328 g/mol. The second-order valence-corrected chi connectivity index (χ2v) is 7.14. The van der Waals surface area contributed by atoms with Gasteiger partial charge >= 0.3 is 0 Å². The molecule has 122 valence electrons. The van der Waals surface area contributed by atoms with Crippen LogP contribution in [0, 0.1) is 0 Å². The third-order valence-corrected chi connectivity index (χ3v) is 5.39. The Labute approximate surface area is 145 Å². The maximum atomic E-state index is 13.0. The van der Waals surface area contributed by atoms with Crippen molar-refractivity contribution in [2.45, 2.75) is 23.8 Å². The van der Waals surface area contributed by atoms with Crippen LogP contribution in [0.25, 0.3) is 0 Å². The first-order valence-electron chi connectivity index (χ1n) is 7.63. The molecule has 2 aromatic rings. The molecule has 0 N–H and O–H groups in total. The molecule has 0 bridgehead atoms. The maximum Gasteiger partial charge on any atom is 0.279 e. The molecular formula is C16H20N4OS2. The van der Waals surface area contributed by atoms with Gasteiger partial charge in [0.05, 0.1) is 17.9 Å². The van der Waals surface area contributed by atoms with E-state index in [1.165, 1.54) is 0 Å². The fourth-order valence-electron chi connectivity index (χ4n) is 2.89. The van der Waals surface area contributed by atoms with Gasteiger partial charge in [-0.1, -0.05) is 6.07 Å². The Morgan fingerprint density at radius 1 is 1.39 bits per heavy atom. The minimum absolute atomic E-state index is 0.0495. The predicted molar refractivity (Wildman–Crippen MR) is 95.5 cm³/mol. The van der Waals surface area contributed by atoms with E-state index in [0.29, 0.717) is 5.69 Å². The quantitative estimate of drug-likeness (QED) is 0.795. The van der Waals surface area contributed by atoms with Crippen LogP contribution in [0.4, 0.5) is 5.69 Å². The molecule has 3 rings (SSSR count). The molecule has 2 heterocycles. The first-order valence-corrected chi connectivity index (χ1v) is 9.58. The van der Waals surface area contributed by atoms with Gasteiger partial charge in [0, 0.05) is 16.6 Å². The number of rotatable bonds is 4. The van der Waals surface area contributed by atoms with Crippen molar-refractivity contribution in [3.05, 3.63) is 36.2 Å². The molecule has 1 aromatic heterocycles. The van der Waals surface area contributed by atoms with Crippen LogP contribution in [0.3, 0.4) is 0 Å². The standard InChI is InChI=1S/C16H20N4OS2/c1-19-8-6-12(7-9-19)20(16(21)15-11-17-23-18-15)13-4-3-5-14(10-13)22-2/h3-5,10-12H,6-9H2,1-2H3. The second kappa shape index (κ2) is 7.42. The lowest BCUT2D eigenvalue weighted by Crippen LogP contribution is -2.47. The summed E-state index contributed by atoms with van der Waals surface area (Å²) in [6, 6.07) is 8.37. The van der Waals surface area contributed by atoms with Crippen molar-refractivity contribution in [1.82, 2.24) is 13.6 Å². The molecule has 0 atom stereocenters. The average Bonchev–Trinajstić information content (AvgIpc) is 3.11. The van der Waals surface area contributed by atoms with Gasteiger partial charge in [0.2, 0.25) is 0 Å². The number of hydrogen-bond donors (Lipinski definition) is 0. The van der Waals surface area contributed by atoms with E-state index >= 15 is 0 Å². The number of amides is 1. The average molecular weight is 348 g/mol. The third-order valence-electron chi connectivity index (χ3n) is 4.18. The Balaban J connectivity index is 1.94. The Bertz CT molecular complexity index is 654. The van der Waals surface area contributed by atoms with Gasteiger partial charge in [-0.05, 0) is 57.4 Å². The summed E-state index contributed by atoms with van der Waals surface area (Å²) >= 11 is 2.76. The van der Waals surface area contributed by atoms with Crippen LogP contribution in [0.15, 0.2) is 35.4 Å². The number of thioether (sulfide) groups is 1. The number of anilines is 1. The highest BCUT2D eigenvalue weighted by atomic mass is 32.2. The molecule has 1 aliphatic rings. The zero-order valence-electron chi connectivity index (χ0n) is 13.3. The Hall–Kier alpha value is -1.44. The van der Waals surface area contributed by atoms with E-state index in [4.69, 9.17) is 0 Å². The molecule has 1 saturated heterocycles. The predicted octanol–water partition coefficient (Wildman–Crippen LogP) is 3.00. The largest absolute Gasteiger partial charge is 0.306 e. The summed E-state index contributed by atoms with van der Waals surface area (Å²) < 4.78 is 8.12. The molecule has 0 saturated carbocycles. The first kappa shape index (κ1) is 16.4. The molecule has 0 radical (unpaired) electrons. The lowest BCUT2D eigenvalue weighted by Gasteiger charge is -2.37. The fraction of sp³-hybridized carbons (Fsp3) is 0.438. The van der Waals surface area contributed by atoms with Gasteiger partial charge in [-0.15, -0.1) is 11.8 Å². The van der Waals surface area contributed by atoms with Crippen molar-refractivity contribution in [2.75, 3.05) is 31.3 Å². The number of piperidine rings is 1. The van der Waals surface area contributed by atoms with Crippen LogP contribution >= 0.6 is 23.5 Å². The summed E-state index contributed by atoms with van der Waals surface area (Å²) in [5.74, 6) is -0.0495. The molecule has 0 aliphatic carbocycles. The van der Waals surface area contributed by atoms with Gasteiger partial charge in [0.25, 0.3) is 5.91 Å². The number of benzene rings is 1. The van der Waals surface area contributed by atoms with E-state index in [-0.39, 0.29) is 11.9 Å². The van der Waals surface area contributed by atoms with Crippen molar-refractivity contribution in [3.8, 4) is 0 Å². The van der Waals surface area contributed by atoms with Crippen molar-refractivity contribution in [1.29, 1.82) is 0 Å². The summed E-state index contributed by atoms with van der Waals surface area (Å²) in [5, 5.41) is 0. The van der Waals surface area contributed by atoms with Crippen molar-refractivity contribution >= 4 is 35.1 Å². The monoisotopic (exact) mass is 348 g/mol. The number of aromatic nitrogens is 2. The van der Waals surface area contributed by atoms with Crippen molar-refractivity contribution in [3.63, 3.8) is 0 Å². The smallest absolute Gasteiger partial charge is 0.279 e. The van der Waals surface area contributed by atoms with E-state index < -0.39 is 0 Å². The number of likely N-dealkylation sites (tertiary alicyclic amines) is 1. The first-order chi connectivity index (χ1) is 11.2. The number of hydrogen-bond acceptors (Lipinski definition) is 6. The lowest BCUT2D eigenvalue weighted by molar-refractivity contribution is 0.0959. The lowest BCUT2D eigenvalue weighted by atomic mass is 10.0. The van der Waals surface area contributed by atoms with Crippen LogP contribution in [0.2, 0.25) is 0 Å². The second-order valence-electron chi connectivity index (χ2n) is 5.70. The number of carbonyl (C=O) groups excluding carboxylic acids is 1. The number of carbonyl (C=O) groups is 1. The normalized spacial score (nSPS) is 16.4. The minimum Gasteiger partial charge on any atom is -0.306 e. The van der Waals surface area contributed by atoms with E-state index in [9.17, 15) is 4.79 Å². The molecule has 0 unspecified atom stereocenters. The maximum absolute atomic E-state index is 13.0. The van der Waals surface area contributed by atoms with Crippen LogP contribution < -0.4 is 4.90 Å². The van der Waals surface area contributed by atoms with Gasteiger partial charge in [0.15, 0.2) is 5.69 Å². The molecule has 1 aliphatic heterocycles. The SMILES string of the molecule is CSc1cccc(N(C(=O)c2cnsn2)C2CCN(C)CC2)c1. The summed E-state index contributed by atoms with van der Waals surface area (Å²) in [6.45, 7) is 2.01. The zero-order chi connectivity index (χ0) is 16.2. The summed E-state index contributed by atoms with van der Waals surface area (Å²) in [4.78, 5) is 18.4. The van der Waals surface area contributed by atoms with Crippen molar-refractivity contribution in [2.24, 2.45) is 0 Å². The molecule has 7 heteroatoms. The molecule has 1 aromatic carbocycles. The molecule has 1 amide bonds.